The molecule has 7 heteroatoms. The van der Waals surface area contributed by atoms with E-state index in [2.05, 4.69) is 0 Å². The Morgan fingerprint density at radius 1 is 1.19 bits per heavy atom. The van der Waals surface area contributed by atoms with E-state index in [1.807, 2.05) is 25.9 Å². The third kappa shape index (κ3) is 4.93. The van der Waals surface area contributed by atoms with Crippen LogP contribution in [0.5, 0.6) is 0 Å². The number of rotatable bonds is 8. The van der Waals surface area contributed by atoms with E-state index in [0.717, 1.165) is 6.42 Å². The van der Waals surface area contributed by atoms with E-state index < -0.39 is 10.0 Å². The van der Waals surface area contributed by atoms with Crippen LogP contribution in [-0.4, -0.2) is 56.5 Å². The number of aliphatic hydroxyl groups excluding tert-OH is 1. The molecule has 1 rings (SSSR count). The summed E-state index contributed by atoms with van der Waals surface area (Å²) in [7, 11) is 0.139. The number of nitrogens with zero attached hydrogens (tertiary/aromatic N) is 2. The zero-order valence-electron chi connectivity index (χ0n) is 12.7. The Morgan fingerprint density at radius 2 is 1.86 bits per heavy atom. The summed E-state index contributed by atoms with van der Waals surface area (Å²) >= 11 is 6.05. The second-order valence-electron chi connectivity index (χ2n) is 5.13. The number of hydrogen-bond donors (Lipinski definition) is 1. The number of halogens is 1. The molecule has 0 aliphatic heterocycles. The predicted molar refractivity (Wildman–Crippen MR) is 85.0 cm³/mol. The van der Waals surface area contributed by atoms with E-state index in [9.17, 15) is 13.5 Å². The monoisotopic (exact) mass is 334 g/mol. The maximum absolute atomic E-state index is 12.8. The number of benzene rings is 1. The Hall–Kier alpha value is -0.660. The van der Waals surface area contributed by atoms with Crippen LogP contribution in [0.4, 0.5) is 0 Å². The number of hydrogen-bond acceptors (Lipinski definition) is 4. The highest BCUT2D eigenvalue weighted by molar-refractivity contribution is 7.89. The van der Waals surface area contributed by atoms with Gasteiger partial charge in [-0.2, -0.15) is 4.31 Å². The van der Waals surface area contributed by atoms with Crippen molar-refractivity contribution < 1.29 is 13.5 Å². The van der Waals surface area contributed by atoms with Gasteiger partial charge in [0.2, 0.25) is 10.0 Å². The lowest BCUT2D eigenvalue weighted by molar-refractivity contribution is 0.281. The van der Waals surface area contributed by atoms with Crippen LogP contribution in [0.15, 0.2) is 23.1 Å². The van der Waals surface area contributed by atoms with Gasteiger partial charge in [-0.15, -0.1) is 0 Å². The van der Waals surface area contributed by atoms with Gasteiger partial charge in [0.15, 0.2) is 0 Å². The summed E-state index contributed by atoms with van der Waals surface area (Å²) in [5.41, 5.74) is 0.530. The maximum Gasteiger partial charge on any atom is 0.244 e. The molecule has 21 heavy (non-hydrogen) atoms. The lowest BCUT2D eigenvalue weighted by atomic mass is 10.2. The first kappa shape index (κ1) is 18.4. The molecule has 0 radical (unpaired) electrons. The minimum absolute atomic E-state index is 0.0583. The molecule has 0 saturated carbocycles. The molecule has 120 valence electrons. The fourth-order valence-corrected chi connectivity index (χ4v) is 3.94. The average molecular weight is 335 g/mol. The van der Waals surface area contributed by atoms with Crippen LogP contribution in [0.25, 0.3) is 0 Å². The van der Waals surface area contributed by atoms with Crippen molar-refractivity contribution in [2.45, 2.75) is 24.8 Å². The van der Waals surface area contributed by atoms with Crippen molar-refractivity contribution in [1.29, 1.82) is 0 Å². The SMILES string of the molecule is CCCN(CCN(C)C)S(=O)(=O)c1cc(CO)ccc1Cl. The first-order valence-corrected chi connectivity index (χ1v) is 8.69. The molecule has 5 nitrogen and oxygen atoms in total. The van der Waals surface area contributed by atoms with Crippen LogP contribution in [0, 0.1) is 0 Å². The third-order valence-corrected chi connectivity index (χ3v) is 5.45. The van der Waals surface area contributed by atoms with Gasteiger partial charge in [-0.05, 0) is 38.2 Å². The second-order valence-corrected chi connectivity index (χ2v) is 7.44. The molecular weight excluding hydrogens is 312 g/mol. The van der Waals surface area contributed by atoms with E-state index in [1.165, 1.54) is 16.4 Å². The van der Waals surface area contributed by atoms with E-state index in [4.69, 9.17) is 11.6 Å². The zero-order valence-corrected chi connectivity index (χ0v) is 14.3. The highest BCUT2D eigenvalue weighted by Gasteiger charge is 2.26. The average Bonchev–Trinajstić information content (AvgIpc) is 2.43. The van der Waals surface area contributed by atoms with Crippen LogP contribution in [-0.2, 0) is 16.6 Å². The molecule has 1 N–H and O–H groups in total. The fraction of sp³-hybridized carbons (Fsp3) is 0.571. The fourth-order valence-electron chi connectivity index (χ4n) is 1.90. The molecule has 0 unspecified atom stereocenters. The summed E-state index contributed by atoms with van der Waals surface area (Å²) in [6.45, 7) is 3.20. The normalized spacial score (nSPS) is 12.3. The van der Waals surface area contributed by atoms with E-state index in [0.29, 0.717) is 25.2 Å². The predicted octanol–water partition coefficient (Wildman–Crippen LogP) is 1.79. The van der Waals surface area contributed by atoms with Gasteiger partial charge in [-0.3, -0.25) is 0 Å². The minimum atomic E-state index is -3.66. The van der Waals surface area contributed by atoms with Crippen molar-refractivity contribution in [3.63, 3.8) is 0 Å². The van der Waals surface area contributed by atoms with Gasteiger partial charge in [0, 0.05) is 19.6 Å². The quantitative estimate of drug-likeness (QED) is 0.787. The molecule has 0 bridgehead atoms. The molecule has 0 heterocycles. The number of sulfonamides is 1. The molecule has 0 aliphatic carbocycles. The molecule has 0 atom stereocenters. The Morgan fingerprint density at radius 3 is 2.38 bits per heavy atom. The molecule has 0 saturated heterocycles. The van der Waals surface area contributed by atoms with Crippen LogP contribution in [0.3, 0.4) is 0 Å². The Labute approximate surface area is 132 Å². The van der Waals surface area contributed by atoms with E-state index in [1.54, 1.807) is 6.07 Å². The lowest BCUT2D eigenvalue weighted by Crippen LogP contribution is -2.37. The Balaban J connectivity index is 3.15. The highest BCUT2D eigenvalue weighted by Crippen LogP contribution is 2.26. The van der Waals surface area contributed by atoms with Crippen molar-refractivity contribution in [2.24, 2.45) is 0 Å². The van der Waals surface area contributed by atoms with Gasteiger partial charge in [-0.1, -0.05) is 24.6 Å². The molecule has 0 aromatic heterocycles. The largest absolute Gasteiger partial charge is 0.392 e. The molecule has 1 aromatic carbocycles. The number of aliphatic hydroxyl groups is 1. The van der Waals surface area contributed by atoms with Gasteiger partial charge in [-0.25, -0.2) is 8.42 Å². The summed E-state index contributed by atoms with van der Waals surface area (Å²) < 4.78 is 27.0. The smallest absolute Gasteiger partial charge is 0.244 e. The molecular formula is C14H23ClN2O3S. The third-order valence-electron chi connectivity index (χ3n) is 3.07. The van der Waals surface area contributed by atoms with Crippen LogP contribution < -0.4 is 0 Å². The Kier molecular flexibility index (Phi) is 7.09. The van der Waals surface area contributed by atoms with Crippen LogP contribution in [0.2, 0.25) is 5.02 Å². The first-order chi connectivity index (χ1) is 9.82. The van der Waals surface area contributed by atoms with E-state index in [-0.39, 0.29) is 16.5 Å². The molecule has 0 fully saturated rings. The lowest BCUT2D eigenvalue weighted by Gasteiger charge is -2.24. The highest BCUT2D eigenvalue weighted by atomic mass is 35.5. The van der Waals surface area contributed by atoms with Crippen molar-refractivity contribution >= 4 is 21.6 Å². The standard InChI is InChI=1S/C14H23ClN2O3S/c1-4-7-17(9-8-16(2)3)21(19,20)14-10-12(11-18)5-6-13(14)15/h5-6,10,18H,4,7-9,11H2,1-3H3. The van der Waals surface area contributed by atoms with E-state index >= 15 is 0 Å². The molecule has 1 aromatic rings. The van der Waals surface area contributed by atoms with Gasteiger partial charge in [0.1, 0.15) is 4.90 Å². The maximum atomic E-state index is 12.8. The van der Waals surface area contributed by atoms with Crippen LogP contribution in [0.1, 0.15) is 18.9 Å². The number of likely N-dealkylation sites (N-methyl/N-ethyl adjacent to an activating group) is 1. The van der Waals surface area contributed by atoms with Crippen molar-refractivity contribution in [1.82, 2.24) is 9.21 Å². The summed E-state index contributed by atoms with van der Waals surface area (Å²) in [6, 6.07) is 4.57. The summed E-state index contributed by atoms with van der Waals surface area (Å²) in [6.07, 6.45) is 0.726. The first-order valence-electron chi connectivity index (χ1n) is 6.87. The Bertz CT molecular complexity index is 561. The topological polar surface area (TPSA) is 60.9 Å². The van der Waals surface area contributed by atoms with Crippen molar-refractivity contribution in [3.8, 4) is 0 Å². The molecule has 0 aliphatic rings. The summed E-state index contributed by atoms with van der Waals surface area (Å²) in [4.78, 5) is 1.99. The molecule has 0 amide bonds. The van der Waals surface area contributed by atoms with Gasteiger partial charge in [0.05, 0.1) is 11.6 Å². The van der Waals surface area contributed by atoms with Gasteiger partial charge in [0.25, 0.3) is 0 Å². The second kappa shape index (κ2) is 8.10. The van der Waals surface area contributed by atoms with Crippen molar-refractivity contribution in [2.75, 3.05) is 33.7 Å². The summed E-state index contributed by atoms with van der Waals surface area (Å²) in [5, 5.41) is 9.36. The van der Waals surface area contributed by atoms with Gasteiger partial charge >= 0.3 is 0 Å². The van der Waals surface area contributed by atoms with Crippen molar-refractivity contribution in [3.05, 3.63) is 28.8 Å². The molecule has 0 spiro atoms. The summed E-state index contributed by atoms with van der Waals surface area (Å²) in [5.74, 6) is 0. The van der Waals surface area contributed by atoms with Gasteiger partial charge < -0.3 is 10.0 Å². The minimum Gasteiger partial charge on any atom is -0.392 e. The zero-order chi connectivity index (χ0) is 16.0. The van der Waals surface area contributed by atoms with Crippen LogP contribution >= 0.6 is 11.6 Å².